The molecule has 2 fully saturated rings. The molecule has 3 rings (SSSR count). The number of aliphatic hydroxyl groups excluding tert-OH is 1. The summed E-state index contributed by atoms with van der Waals surface area (Å²) in [5.41, 5.74) is 1.21. The molecule has 1 aromatic rings. The monoisotopic (exact) mass is 277 g/mol. The zero-order chi connectivity index (χ0) is 13.4. The summed E-state index contributed by atoms with van der Waals surface area (Å²) in [7, 11) is 0. The lowest BCUT2D eigenvalue weighted by Crippen LogP contribution is -2.47. The first-order valence-electron chi connectivity index (χ1n) is 6.87. The molecule has 3 nitrogen and oxygen atoms in total. The summed E-state index contributed by atoms with van der Waals surface area (Å²) in [6, 6.07) is 2.56. The van der Waals surface area contributed by atoms with E-state index in [1.165, 1.54) is 5.56 Å². The number of rotatable bonds is 2. The van der Waals surface area contributed by atoms with E-state index in [4.69, 9.17) is 0 Å². The molecule has 1 N–H and O–H groups in total. The van der Waals surface area contributed by atoms with E-state index in [0.29, 0.717) is 0 Å². The molecule has 3 heterocycles. The van der Waals surface area contributed by atoms with Crippen LogP contribution in [0.25, 0.3) is 6.08 Å². The van der Waals surface area contributed by atoms with Crippen molar-refractivity contribution in [3.63, 3.8) is 0 Å². The van der Waals surface area contributed by atoms with Crippen molar-refractivity contribution in [3.8, 4) is 0 Å². The highest BCUT2D eigenvalue weighted by atomic mass is 32.1. The molecule has 2 bridgehead atoms. The van der Waals surface area contributed by atoms with Gasteiger partial charge in [0.1, 0.15) is 0 Å². The van der Waals surface area contributed by atoms with E-state index >= 15 is 0 Å². The summed E-state index contributed by atoms with van der Waals surface area (Å²) < 4.78 is 0. The minimum Gasteiger partial charge on any atom is -0.393 e. The van der Waals surface area contributed by atoms with Crippen LogP contribution >= 0.6 is 11.3 Å². The summed E-state index contributed by atoms with van der Waals surface area (Å²) >= 11 is 1.66. The zero-order valence-corrected chi connectivity index (χ0v) is 11.9. The lowest BCUT2D eigenvalue weighted by Gasteiger charge is -2.36. The standard InChI is InChI=1S/C15H19NO2S/c1-10-6-7-19-14(10)4-5-15(18)16-11-2-3-12(16)9-13(17)8-11/h4-7,11-13,17H,2-3,8-9H2,1H3. The fraction of sp³-hybridized carbons (Fsp3) is 0.533. The van der Waals surface area contributed by atoms with Gasteiger partial charge < -0.3 is 10.0 Å². The van der Waals surface area contributed by atoms with Crippen molar-refractivity contribution in [1.29, 1.82) is 0 Å². The quantitative estimate of drug-likeness (QED) is 0.844. The number of piperidine rings is 1. The van der Waals surface area contributed by atoms with E-state index in [0.717, 1.165) is 30.6 Å². The Hall–Kier alpha value is -1.13. The zero-order valence-electron chi connectivity index (χ0n) is 11.1. The third kappa shape index (κ3) is 2.47. The average Bonchev–Trinajstić information content (AvgIpc) is 2.89. The fourth-order valence-corrected chi connectivity index (χ4v) is 4.12. The first-order valence-corrected chi connectivity index (χ1v) is 7.75. The third-order valence-electron chi connectivity index (χ3n) is 4.24. The molecule has 0 aromatic carbocycles. The van der Waals surface area contributed by atoms with Crippen LogP contribution in [0, 0.1) is 6.92 Å². The van der Waals surface area contributed by atoms with Crippen LogP contribution in [0.1, 0.15) is 36.1 Å². The highest BCUT2D eigenvalue weighted by Gasteiger charge is 2.41. The number of carbonyl (C=O) groups is 1. The maximum absolute atomic E-state index is 12.3. The fourth-order valence-electron chi connectivity index (χ4n) is 3.30. The molecule has 4 heteroatoms. The van der Waals surface area contributed by atoms with Gasteiger partial charge in [-0.15, -0.1) is 11.3 Å². The van der Waals surface area contributed by atoms with Crippen LogP contribution in [0.15, 0.2) is 17.5 Å². The second kappa shape index (κ2) is 5.10. The molecule has 0 saturated carbocycles. The highest BCUT2D eigenvalue weighted by Crippen LogP contribution is 2.36. The molecular weight excluding hydrogens is 258 g/mol. The second-order valence-electron chi connectivity index (χ2n) is 5.56. The number of nitrogens with zero attached hydrogens (tertiary/aromatic N) is 1. The molecular formula is C15H19NO2S. The Bertz CT molecular complexity index is 494. The minimum atomic E-state index is -0.218. The van der Waals surface area contributed by atoms with E-state index in [1.807, 2.05) is 16.4 Å². The van der Waals surface area contributed by atoms with Crippen LogP contribution in [0.2, 0.25) is 0 Å². The van der Waals surface area contributed by atoms with Crippen LogP contribution in [0.4, 0.5) is 0 Å². The molecule has 2 atom stereocenters. The number of carbonyl (C=O) groups excluding carboxylic acids is 1. The van der Waals surface area contributed by atoms with Crippen molar-refractivity contribution in [2.24, 2.45) is 0 Å². The SMILES string of the molecule is Cc1ccsc1C=CC(=O)N1C2CCC1CC(O)C2. The Labute approximate surface area is 117 Å². The number of aryl methyl sites for hydroxylation is 1. The van der Waals surface area contributed by atoms with E-state index < -0.39 is 0 Å². The van der Waals surface area contributed by atoms with Gasteiger partial charge in [-0.25, -0.2) is 0 Å². The Morgan fingerprint density at radius 3 is 2.68 bits per heavy atom. The predicted octanol–water partition coefficient (Wildman–Crippen LogP) is 2.58. The Balaban J connectivity index is 1.72. The molecule has 0 aliphatic carbocycles. The number of fused-ring (bicyclic) bond motifs is 2. The van der Waals surface area contributed by atoms with Crippen LogP contribution < -0.4 is 0 Å². The summed E-state index contributed by atoms with van der Waals surface area (Å²) in [6.07, 6.45) is 6.97. The molecule has 2 saturated heterocycles. The third-order valence-corrected chi connectivity index (χ3v) is 5.23. The van der Waals surface area contributed by atoms with Gasteiger partial charge in [0, 0.05) is 23.0 Å². The number of hydrogen-bond acceptors (Lipinski definition) is 3. The lowest BCUT2D eigenvalue weighted by molar-refractivity contribution is -0.131. The largest absolute Gasteiger partial charge is 0.393 e. The number of thiophene rings is 1. The van der Waals surface area contributed by atoms with Crippen LogP contribution in [0.3, 0.4) is 0 Å². The number of aliphatic hydroxyl groups is 1. The lowest BCUT2D eigenvalue weighted by atomic mass is 10.00. The van der Waals surface area contributed by atoms with Crippen LogP contribution in [-0.2, 0) is 4.79 Å². The van der Waals surface area contributed by atoms with Gasteiger partial charge in [0.2, 0.25) is 5.91 Å². The molecule has 0 radical (unpaired) electrons. The Morgan fingerprint density at radius 1 is 1.42 bits per heavy atom. The van der Waals surface area contributed by atoms with E-state index in [9.17, 15) is 9.90 Å². The van der Waals surface area contributed by atoms with Gasteiger partial charge in [-0.3, -0.25) is 4.79 Å². The van der Waals surface area contributed by atoms with Crippen LogP contribution in [-0.4, -0.2) is 34.1 Å². The van der Waals surface area contributed by atoms with Gasteiger partial charge in [-0.1, -0.05) is 0 Å². The summed E-state index contributed by atoms with van der Waals surface area (Å²) in [4.78, 5) is 15.5. The summed E-state index contributed by atoms with van der Waals surface area (Å²) in [6.45, 7) is 2.06. The van der Waals surface area contributed by atoms with Crippen molar-refractivity contribution in [1.82, 2.24) is 4.90 Å². The van der Waals surface area contributed by atoms with E-state index in [1.54, 1.807) is 17.4 Å². The molecule has 2 unspecified atom stereocenters. The molecule has 0 spiro atoms. The van der Waals surface area contributed by atoms with Gasteiger partial charge in [0.05, 0.1) is 6.10 Å². The van der Waals surface area contributed by atoms with Gasteiger partial charge in [-0.05, 0) is 55.7 Å². The Kier molecular flexibility index (Phi) is 3.46. The van der Waals surface area contributed by atoms with E-state index in [-0.39, 0.29) is 24.1 Å². The molecule has 2 aliphatic rings. The molecule has 1 aromatic heterocycles. The predicted molar refractivity (Wildman–Crippen MR) is 77.0 cm³/mol. The van der Waals surface area contributed by atoms with Crippen molar-refractivity contribution in [2.45, 2.75) is 50.8 Å². The smallest absolute Gasteiger partial charge is 0.247 e. The summed E-state index contributed by atoms with van der Waals surface area (Å²) in [5, 5.41) is 11.8. The van der Waals surface area contributed by atoms with Crippen molar-refractivity contribution in [3.05, 3.63) is 28.0 Å². The minimum absolute atomic E-state index is 0.104. The van der Waals surface area contributed by atoms with Crippen LogP contribution in [0.5, 0.6) is 0 Å². The van der Waals surface area contributed by atoms with Gasteiger partial charge in [0.15, 0.2) is 0 Å². The van der Waals surface area contributed by atoms with Gasteiger partial charge in [0.25, 0.3) is 0 Å². The maximum atomic E-state index is 12.3. The van der Waals surface area contributed by atoms with Crippen molar-refractivity contribution < 1.29 is 9.90 Å². The van der Waals surface area contributed by atoms with E-state index in [2.05, 4.69) is 13.0 Å². The summed E-state index contributed by atoms with van der Waals surface area (Å²) in [5.74, 6) is 0.104. The van der Waals surface area contributed by atoms with Gasteiger partial charge >= 0.3 is 0 Å². The Morgan fingerprint density at radius 2 is 2.11 bits per heavy atom. The normalized spacial score (nSPS) is 30.2. The average molecular weight is 277 g/mol. The highest BCUT2D eigenvalue weighted by molar-refractivity contribution is 7.11. The first kappa shape index (κ1) is 12.9. The number of hydrogen-bond donors (Lipinski definition) is 1. The molecule has 1 amide bonds. The molecule has 19 heavy (non-hydrogen) atoms. The first-order chi connectivity index (χ1) is 9.15. The maximum Gasteiger partial charge on any atom is 0.247 e. The van der Waals surface area contributed by atoms with Crippen molar-refractivity contribution >= 4 is 23.3 Å². The molecule has 2 aliphatic heterocycles. The topological polar surface area (TPSA) is 40.5 Å². The van der Waals surface area contributed by atoms with Gasteiger partial charge in [-0.2, -0.15) is 0 Å². The second-order valence-corrected chi connectivity index (χ2v) is 6.50. The molecule has 102 valence electrons. The van der Waals surface area contributed by atoms with Crippen molar-refractivity contribution in [2.75, 3.05) is 0 Å². The number of amides is 1.